The van der Waals surface area contributed by atoms with Crippen molar-refractivity contribution in [3.63, 3.8) is 0 Å². The van der Waals surface area contributed by atoms with Gasteiger partial charge in [-0.3, -0.25) is 4.79 Å². The molecule has 0 saturated carbocycles. The van der Waals surface area contributed by atoms with Gasteiger partial charge in [0.05, 0.1) is 5.69 Å². The average Bonchev–Trinajstić information content (AvgIpc) is 2.38. The molecule has 1 aliphatic heterocycles. The molecule has 0 bridgehead atoms. The van der Waals surface area contributed by atoms with Gasteiger partial charge in [-0.25, -0.2) is 0 Å². The van der Waals surface area contributed by atoms with E-state index in [-0.39, 0.29) is 5.78 Å². The minimum absolute atomic E-state index is 0.110. The maximum Gasteiger partial charge on any atom is 0.159 e. The highest BCUT2D eigenvalue weighted by Crippen LogP contribution is 2.30. The van der Waals surface area contributed by atoms with Crippen molar-refractivity contribution in [1.29, 1.82) is 0 Å². The van der Waals surface area contributed by atoms with E-state index in [0.717, 1.165) is 23.1 Å². The van der Waals surface area contributed by atoms with E-state index in [9.17, 15) is 4.79 Å². The lowest BCUT2D eigenvalue weighted by molar-refractivity contribution is 0.101. The van der Waals surface area contributed by atoms with E-state index in [1.165, 1.54) is 18.5 Å². The average molecular weight is 325 g/mol. The Kier molecular flexibility index (Phi) is 4.63. The number of ketones is 1. The molecule has 1 aromatic carbocycles. The van der Waals surface area contributed by atoms with E-state index < -0.39 is 0 Å². The molecule has 104 valence electrons. The van der Waals surface area contributed by atoms with Gasteiger partial charge in [0.2, 0.25) is 0 Å². The van der Waals surface area contributed by atoms with E-state index in [1.807, 2.05) is 12.1 Å². The van der Waals surface area contributed by atoms with E-state index >= 15 is 0 Å². The lowest BCUT2D eigenvalue weighted by atomic mass is 10.0. The number of anilines is 1. The third-order valence-electron chi connectivity index (χ3n) is 3.89. The van der Waals surface area contributed by atoms with Gasteiger partial charge in [0, 0.05) is 29.2 Å². The van der Waals surface area contributed by atoms with Crippen molar-refractivity contribution in [2.75, 3.05) is 32.1 Å². The van der Waals surface area contributed by atoms with Crippen LogP contribution in [0.25, 0.3) is 0 Å². The Morgan fingerprint density at radius 2 is 1.95 bits per heavy atom. The molecule has 1 heterocycles. The number of hydrogen-bond donors (Lipinski definition) is 0. The van der Waals surface area contributed by atoms with Crippen LogP contribution in [-0.2, 0) is 0 Å². The summed E-state index contributed by atoms with van der Waals surface area (Å²) in [6.45, 7) is 3.74. The van der Waals surface area contributed by atoms with Crippen molar-refractivity contribution in [2.45, 2.75) is 25.8 Å². The predicted molar refractivity (Wildman–Crippen MR) is 83.1 cm³/mol. The molecule has 1 fully saturated rings. The first-order valence-corrected chi connectivity index (χ1v) is 7.50. The molecular formula is C15H21BrN2O. The molecule has 0 amide bonds. The number of carbonyl (C=O) groups excluding carboxylic acids is 1. The Hall–Kier alpha value is -0.870. The molecule has 1 aromatic rings. The van der Waals surface area contributed by atoms with Gasteiger partial charge in [0.25, 0.3) is 0 Å². The van der Waals surface area contributed by atoms with Crippen LogP contribution in [0.15, 0.2) is 22.7 Å². The van der Waals surface area contributed by atoms with Crippen molar-refractivity contribution in [1.82, 2.24) is 4.90 Å². The molecule has 1 aliphatic rings. The van der Waals surface area contributed by atoms with Gasteiger partial charge < -0.3 is 9.80 Å². The molecule has 1 saturated heterocycles. The SMILES string of the molecule is CC(=O)c1ccc(N2CCC(N(C)C)CC2)c(Br)c1. The zero-order chi connectivity index (χ0) is 14.0. The topological polar surface area (TPSA) is 23.6 Å². The normalized spacial score (nSPS) is 17.0. The standard InChI is InChI=1S/C15H21BrN2O/c1-11(19)12-4-5-15(14(16)10-12)18-8-6-13(7-9-18)17(2)3/h4-5,10,13H,6-9H2,1-3H3. The molecular weight excluding hydrogens is 304 g/mol. The molecule has 0 N–H and O–H groups in total. The molecule has 0 aromatic heterocycles. The van der Waals surface area contributed by atoms with Crippen molar-refractivity contribution in [3.05, 3.63) is 28.2 Å². The summed E-state index contributed by atoms with van der Waals surface area (Å²) in [6, 6.07) is 6.58. The molecule has 19 heavy (non-hydrogen) atoms. The number of benzene rings is 1. The van der Waals surface area contributed by atoms with E-state index in [4.69, 9.17) is 0 Å². The molecule has 0 radical (unpaired) electrons. The quantitative estimate of drug-likeness (QED) is 0.798. The number of carbonyl (C=O) groups is 1. The first kappa shape index (κ1) is 14.5. The maximum atomic E-state index is 11.4. The first-order chi connectivity index (χ1) is 8.99. The van der Waals surface area contributed by atoms with Crippen LogP contribution in [-0.4, -0.2) is 43.9 Å². The summed E-state index contributed by atoms with van der Waals surface area (Å²) in [5, 5.41) is 0. The summed E-state index contributed by atoms with van der Waals surface area (Å²) in [5.41, 5.74) is 1.96. The fourth-order valence-electron chi connectivity index (χ4n) is 2.61. The summed E-state index contributed by atoms with van der Waals surface area (Å²) < 4.78 is 1.02. The first-order valence-electron chi connectivity index (χ1n) is 6.71. The number of rotatable bonds is 3. The Morgan fingerprint density at radius 1 is 1.32 bits per heavy atom. The van der Waals surface area contributed by atoms with Crippen LogP contribution in [0, 0.1) is 0 Å². The predicted octanol–water partition coefficient (Wildman–Crippen LogP) is 3.18. The van der Waals surface area contributed by atoms with Crippen LogP contribution in [0.4, 0.5) is 5.69 Å². The zero-order valence-corrected chi connectivity index (χ0v) is 13.4. The van der Waals surface area contributed by atoms with Crippen LogP contribution < -0.4 is 4.90 Å². The molecule has 2 rings (SSSR count). The van der Waals surface area contributed by atoms with Crippen LogP contribution in [0.2, 0.25) is 0 Å². The van der Waals surface area contributed by atoms with Crippen LogP contribution in [0.5, 0.6) is 0 Å². The van der Waals surface area contributed by atoms with E-state index in [0.29, 0.717) is 6.04 Å². The van der Waals surface area contributed by atoms with Gasteiger partial charge >= 0.3 is 0 Å². The number of Topliss-reactive ketones (excluding diaryl/α,β-unsaturated/α-hetero) is 1. The summed E-state index contributed by atoms with van der Waals surface area (Å²) in [5.74, 6) is 0.110. The molecule has 0 spiro atoms. The molecule has 3 nitrogen and oxygen atoms in total. The van der Waals surface area contributed by atoms with Crippen molar-refractivity contribution in [3.8, 4) is 0 Å². The third kappa shape index (κ3) is 3.37. The monoisotopic (exact) mass is 324 g/mol. The Balaban J connectivity index is 2.09. The van der Waals surface area contributed by atoms with E-state index in [2.05, 4.69) is 45.9 Å². The van der Waals surface area contributed by atoms with Gasteiger partial charge in [-0.2, -0.15) is 0 Å². The smallest absolute Gasteiger partial charge is 0.159 e. The van der Waals surface area contributed by atoms with E-state index in [1.54, 1.807) is 6.92 Å². The van der Waals surface area contributed by atoms with Crippen LogP contribution in [0.3, 0.4) is 0 Å². The Labute approximate surface area is 123 Å². The summed E-state index contributed by atoms with van der Waals surface area (Å²) >= 11 is 3.59. The second kappa shape index (κ2) is 6.06. The van der Waals surface area contributed by atoms with Crippen LogP contribution in [0.1, 0.15) is 30.1 Å². The van der Waals surface area contributed by atoms with Crippen molar-refractivity contribution < 1.29 is 4.79 Å². The van der Waals surface area contributed by atoms with Gasteiger partial charge in [0.15, 0.2) is 5.78 Å². The molecule has 4 heteroatoms. The second-order valence-electron chi connectivity index (χ2n) is 5.40. The highest BCUT2D eigenvalue weighted by molar-refractivity contribution is 9.10. The van der Waals surface area contributed by atoms with Crippen molar-refractivity contribution >= 4 is 27.4 Å². The minimum Gasteiger partial charge on any atom is -0.371 e. The number of hydrogen-bond acceptors (Lipinski definition) is 3. The molecule has 0 aliphatic carbocycles. The lowest BCUT2D eigenvalue weighted by Crippen LogP contribution is -2.42. The van der Waals surface area contributed by atoms with Crippen molar-refractivity contribution in [2.24, 2.45) is 0 Å². The number of halogens is 1. The van der Waals surface area contributed by atoms with Gasteiger partial charge in [0.1, 0.15) is 0 Å². The van der Waals surface area contributed by atoms with Gasteiger partial charge in [-0.15, -0.1) is 0 Å². The second-order valence-corrected chi connectivity index (χ2v) is 6.26. The summed E-state index contributed by atoms with van der Waals surface area (Å²) in [4.78, 5) is 16.1. The van der Waals surface area contributed by atoms with Gasteiger partial charge in [-0.1, -0.05) is 0 Å². The highest BCUT2D eigenvalue weighted by atomic mass is 79.9. The zero-order valence-electron chi connectivity index (χ0n) is 11.8. The molecule has 0 atom stereocenters. The Morgan fingerprint density at radius 3 is 2.42 bits per heavy atom. The summed E-state index contributed by atoms with van der Waals surface area (Å²) in [6.07, 6.45) is 2.38. The molecule has 0 unspecified atom stereocenters. The fourth-order valence-corrected chi connectivity index (χ4v) is 3.24. The minimum atomic E-state index is 0.110. The third-order valence-corrected chi connectivity index (χ3v) is 4.52. The Bertz CT molecular complexity index is 465. The number of nitrogens with zero attached hydrogens (tertiary/aromatic N) is 2. The fraction of sp³-hybridized carbons (Fsp3) is 0.533. The lowest BCUT2D eigenvalue weighted by Gasteiger charge is -2.37. The van der Waals surface area contributed by atoms with Crippen LogP contribution >= 0.6 is 15.9 Å². The summed E-state index contributed by atoms with van der Waals surface area (Å²) in [7, 11) is 4.30. The van der Waals surface area contributed by atoms with Gasteiger partial charge in [-0.05, 0) is 68.0 Å². The highest BCUT2D eigenvalue weighted by Gasteiger charge is 2.22. The largest absolute Gasteiger partial charge is 0.371 e. The maximum absolute atomic E-state index is 11.4. The number of piperidine rings is 1.